The summed E-state index contributed by atoms with van der Waals surface area (Å²) in [6, 6.07) is 9.28. The lowest BCUT2D eigenvalue weighted by Crippen LogP contribution is -2.07. The van der Waals surface area contributed by atoms with E-state index in [0.29, 0.717) is 6.29 Å². The van der Waals surface area contributed by atoms with Crippen LogP contribution in [-0.4, -0.2) is 6.29 Å². The molecule has 2 aromatic carbocycles. The number of carbonyl (C=O) groups excluding carboxylic acids is 1. The first-order valence-corrected chi connectivity index (χ1v) is 7.04. The van der Waals surface area contributed by atoms with Crippen molar-refractivity contribution in [3.63, 3.8) is 0 Å². The van der Waals surface area contributed by atoms with Gasteiger partial charge in [-0.25, -0.2) is 0 Å². The van der Waals surface area contributed by atoms with Crippen molar-refractivity contribution < 1.29 is 18.0 Å². The number of halogens is 3. The molecule has 0 aliphatic heterocycles. The highest BCUT2D eigenvalue weighted by Gasteiger charge is 2.34. The molecule has 2 rings (SSSR count). The molecule has 0 aliphatic carbocycles. The van der Waals surface area contributed by atoms with Gasteiger partial charge in [0.25, 0.3) is 0 Å². The second-order valence-electron chi connectivity index (χ2n) is 4.74. The number of aldehydes is 1. The minimum atomic E-state index is -4.49. The van der Waals surface area contributed by atoms with Crippen LogP contribution in [0.4, 0.5) is 13.2 Å². The van der Waals surface area contributed by atoms with Crippen molar-refractivity contribution in [2.75, 3.05) is 0 Å². The molecule has 1 nitrogen and oxygen atoms in total. The Morgan fingerprint density at radius 1 is 1.00 bits per heavy atom. The van der Waals surface area contributed by atoms with Gasteiger partial charge in [-0.05, 0) is 43.2 Å². The van der Waals surface area contributed by atoms with Gasteiger partial charge >= 0.3 is 6.18 Å². The number of rotatable bonds is 3. The number of hydrogen-bond acceptors (Lipinski definition) is 2. The van der Waals surface area contributed by atoms with Gasteiger partial charge in [-0.15, -0.1) is 0 Å². The standard InChI is InChI=1S/C16H13F3OS/c1-10-3-4-11(2)15(7-10)21-14-6-5-12(9-20)8-13(14)16(17,18)19/h3-9H,1-2H3. The fraction of sp³-hybridized carbons (Fsp3) is 0.188. The largest absolute Gasteiger partial charge is 0.417 e. The van der Waals surface area contributed by atoms with Crippen molar-refractivity contribution in [1.29, 1.82) is 0 Å². The molecule has 0 amide bonds. The van der Waals surface area contributed by atoms with Crippen LogP contribution in [0, 0.1) is 13.8 Å². The summed E-state index contributed by atoms with van der Waals surface area (Å²) in [7, 11) is 0. The fourth-order valence-electron chi connectivity index (χ4n) is 1.87. The molecule has 0 heterocycles. The molecule has 0 saturated heterocycles. The van der Waals surface area contributed by atoms with Crippen molar-refractivity contribution in [3.8, 4) is 0 Å². The van der Waals surface area contributed by atoms with Crippen LogP contribution in [0.3, 0.4) is 0 Å². The summed E-state index contributed by atoms with van der Waals surface area (Å²) in [4.78, 5) is 11.6. The van der Waals surface area contributed by atoms with Crippen LogP contribution in [0.5, 0.6) is 0 Å². The van der Waals surface area contributed by atoms with Gasteiger partial charge < -0.3 is 0 Å². The highest BCUT2D eigenvalue weighted by molar-refractivity contribution is 7.99. The number of alkyl halides is 3. The Kier molecular flexibility index (Phi) is 4.42. The molecule has 0 fully saturated rings. The van der Waals surface area contributed by atoms with Gasteiger partial charge in [0.1, 0.15) is 6.29 Å². The normalized spacial score (nSPS) is 11.5. The predicted octanol–water partition coefficient (Wildman–Crippen LogP) is 5.29. The first-order valence-electron chi connectivity index (χ1n) is 6.23. The molecular weight excluding hydrogens is 297 g/mol. The van der Waals surface area contributed by atoms with Gasteiger partial charge in [0.15, 0.2) is 0 Å². The SMILES string of the molecule is Cc1ccc(C)c(Sc2ccc(C=O)cc2C(F)(F)F)c1. The third kappa shape index (κ3) is 3.67. The summed E-state index contributed by atoms with van der Waals surface area (Å²) in [6.45, 7) is 3.75. The van der Waals surface area contributed by atoms with Crippen LogP contribution in [0.2, 0.25) is 0 Å². The van der Waals surface area contributed by atoms with Crippen LogP contribution < -0.4 is 0 Å². The molecule has 0 saturated carbocycles. The molecule has 0 bridgehead atoms. The summed E-state index contributed by atoms with van der Waals surface area (Å²) in [5.74, 6) is 0. The van der Waals surface area contributed by atoms with Crippen LogP contribution in [0.15, 0.2) is 46.2 Å². The molecule has 0 spiro atoms. The van der Waals surface area contributed by atoms with Gasteiger partial charge in [0, 0.05) is 15.4 Å². The summed E-state index contributed by atoms with van der Waals surface area (Å²) >= 11 is 1.07. The fourth-order valence-corrected chi connectivity index (χ4v) is 3.00. The summed E-state index contributed by atoms with van der Waals surface area (Å²) in [5.41, 5.74) is 1.14. The number of hydrogen-bond donors (Lipinski definition) is 0. The zero-order valence-electron chi connectivity index (χ0n) is 11.5. The van der Waals surface area contributed by atoms with Crippen LogP contribution in [-0.2, 0) is 6.18 Å². The van der Waals surface area contributed by atoms with Crippen LogP contribution in [0.25, 0.3) is 0 Å². The Bertz CT molecular complexity index is 678. The van der Waals surface area contributed by atoms with E-state index in [4.69, 9.17) is 0 Å². The monoisotopic (exact) mass is 310 g/mol. The average Bonchev–Trinajstić information content (AvgIpc) is 2.42. The van der Waals surface area contributed by atoms with E-state index in [1.807, 2.05) is 32.0 Å². The lowest BCUT2D eigenvalue weighted by molar-refractivity contribution is -0.139. The first kappa shape index (κ1) is 15.6. The molecule has 110 valence electrons. The minimum Gasteiger partial charge on any atom is -0.298 e. The van der Waals surface area contributed by atoms with Gasteiger partial charge in [-0.1, -0.05) is 30.0 Å². The Hall–Kier alpha value is -1.75. The maximum Gasteiger partial charge on any atom is 0.417 e. The quantitative estimate of drug-likeness (QED) is 0.717. The lowest BCUT2D eigenvalue weighted by atomic mass is 10.1. The molecule has 0 aliphatic rings. The Morgan fingerprint density at radius 3 is 2.33 bits per heavy atom. The van der Waals surface area contributed by atoms with Gasteiger partial charge in [-0.3, -0.25) is 4.79 Å². The molecule has 2 aromatic rings. The van der Waals surface area contributed by atoms with Gasteiger partial charge in [0.05, 0.1) is 5.56 Å². The van der Waals surface area contributed by atoms with Crippen molar-refractivity contribution in [3.05, 3.63) is 58.7 Å². The van der Waals surface area contributed by atoms with Crippen molar-refractivity contribution in [2.24, 2.45) is 0 Å². The zero-order valence-corrected chi connectivity index (χ0v) is 12.3. The van der Waals surface area contributed by atoms with E-state index in [1.165, 1.54) is 12.1 Å². The molecule has 0 N–H and O–H groups in total. The Labute approximate surface area is 125 Å². The van der Waals surface area contributed by atoms with E-state index in [2.05, 4.69) is 0 Å². The first-order chi connectivity index (χ1) is 9.81. The lowest BCUT2D eigenvalue weighted by Gasteiger charge is -2.14. The molecule has 5 heteroatoms. The zero-order chi connectivity index (χ0) is 15.6. The molecule has 0 aromatic heterocycles. The van der Waals surface area contributed by atoms with Crippen molar-refractivity contribution >= 4 is 18.0 Å². The van der Waals surface area contributed by atoms with Crippen molar-refractivity contribution in [2.45, 2.75) is 29.8 Å². The topological polar surface area (TPSA) is 17.1 Å². The number of aryl methyl sites for hydroxylation is 2. The predicted molar refractivity (Wildman–Crippen MR) is 76.9 cm³/mol. The van der Waals surface area contributed by atoms with Gasteiger partial charge in [0.2, 0.25) is 0 Å². The summed E-state index contributed by atoms with van der Waals surface area (Å²) in [6.07, 6.45) is -4.07. The molecule has 0 atom stereocenters. The van der Waals surface area contributed by atoms with E-state index in [0.717, 1.165) is 33.9 Å². The Morgan fingerprint density at radius 2 is 1.71 bits per heavy atom. The summed E-state index contributed by atoms with van der Waals surface area (Å²) < 4.78 is 39.4. The third-order valence-corrected chi connectivity index (χ3v) is 4.24. The third-order valence-electron chi connectivity index (χ3n) is 3.01. The van der Waals surface area contributed by atoms with Crippen LogP contribution >= 0.6 is 11.8 Å². The summed E-state index contributed by atoms with van der Waals surface area (Å²) in [5, 5.41) is 0. The average molecular weight is 310 g/mol. The maximum atomic E-state index is 13.1. The van der Waals surface area contributed by atoms with E-state index in [9.17, 15) is 18.0 Å². The second-order valence-corrected chi connectivity index (χ2v) is 5.83. The van der Waals surface area contributed by atoms with E-state index in [1.54, 1.807) is 0 Å². The highest BCUT2D eigenvalue weighted by atomic mass is 32.2. The molecule has 0 radical (unpaired) electrons. The van der Waals surface area contributed by atoms with E-state index in [-0.39, 0.29) is 10.5 Å². The van der Waals surface area contributed by atoms with Crippen LogP contribution in [0.1, 0.15) is 27.0 Å². The Balaban J connectivity index is 2.48. The molecular formula is C16H13F3OS. The molecule has 21 heavy (non-hydrogen) atoms. The second kappa shape index (κ2) is 5.93. The smallest absolute Gasteiger partial charge is 0.298 e. The number of benzene rings is 2. The number of carbonyl (C=O) groups is 1. The van der Waals surface area contributed by atoms with E-state index < -0.39 is 11.7 Å². The van der Waals surface area contributed by atoms with Crippen molar-refractivity contribution in [1.82, 2.24) is 0 Å². The highest BCUT2D eigenvalue weighted by Crippen LogP contribution is 2.40. The van der Waals surface area contributed by atoms with E-state index >= 15 is 0 Å². The van der Waals surface area contributed by atoms with Gasteiger partial charge in [-0.2, -0.15) is 13.2 Å². The molecule has 0 unspecified atom stereocenters. The minimum absolute atomic E-state index is 0.0210. The maximum absolute atomic E-state index is 13.1.